The molecule has 3 amide bonds. The average Bonchev–Trinajstić information content (AvgIpc) is 3.66. The third-order valence-electron chi connectivity index (χ3n) is 7.18. The molecule has 4 rings (SSSR count). The van der Waals surface area contributed by atoms with Gasteiger partial charge in [-0.2, -0.15) is 0 Å². The van der Waals surface area contributed by atoms with Gasteiger partial charge in [-0.25, -0.2) is 4.79 Å². The molecule has 216 valence electrons. The Balaban J connectivity index is 1.69. The minimum absolute atomic E-state index is 0.130. The predicted molar refractivity (Wildman–Crippen MR) is 160 cm³/mol. The lowest BCUT2D eigenvalue weighted by Crippen LogP contribution is -2.54. The van der Waals surface area contributed by atoms with Crippen LogP contribution in [0.5, 0.6) is 0 Å². The number of hydrogen-bond donors (Lipinski definition) is 2. The minimum Gasteiger partial charge on any atom is -0.444 e. The van der Waals surface area contributed by atoms with Crippen LogP contribution in [0.1, 0.15) is 62.4 Å². The Hall–Kier alpha value is -4.13. The van der Waals surface area contributed by atoms with E-state index in [0.717, 1.165) is 28.7 Å². The van der Waals surface area contributed by atoms with E-state index in [1.807, 2.05) is 91.9 Å². The Bertz CT molecular complexity index is 1320. The summed E-state index contributed by atoms with van der Waals surface area (Å²) in [7, 11) is 0. The number of carbonyl (C=O) groups is 3. The first-order valence-electron chi connectivity index (χ1n) is 14.3. The van der Waals surface area contributed by atoms with Gasteiger partial charge < -0.3 is 20.3 Å². The molecule has 2 N–H and O–H groups in total. The Morgan fingerprint density at radius 3 is 2.00 bits per heavy atom. The van der Waals surface area contributed by atoms with Gasteiger partial charge in [0.25, 0.3) is 0 Å². The van der Waals surface area contributed by atoms with Crippen LogP contribution in [-0.4, -0.2) is 40.5 Å². The fraction of sp³-hybridized carbons (Fsp3) is 0.382. The number of nitrogens with one attached hydrogen (secondary N) is 2. The van der Waals surface area contributed by atoms with E-state index in [1.54, 1.807) is 25.7 Å². The van der Waals surface area contributed by atoms with Gasteiger partial charge in [-0.05, 0) is 56.7 Å². The molecule has 3 aromatic carbocycles. The van der Waals surface area contributed by atoms with E-state index >= 15 is 0 Å². The molecule has 0 spiro atoms. The second-order valence-electron chi connectivity index (χ2n) is 11.9. The molecule has 3 aromatic rings. The summed E-state index contributed by atoms with van der Waals surface area (Å²) in [5, 5.41) is 5.89. The van der Waals surface area contributed by atoms with Crippen LogP contribution in [0.15, 0.2) is 84.9 Å². The smallest absolute Gasteiger partial charge is 0.408 e. The quantitative estimate of drug-likeness (QED) is 0.335. The molecule has 1 saturated carbocycles. The second kappa shape index (κ2) is 13.0. The average molecular weight is 556 g/mol. The van der Waals surface area contributed by atoms with E-state index in [0.29, 0.717) is 6.54 Å². The molecular formula is C34H41N3O4. The number of benzene rings is 3. The monoisotopic (exact) mass is 555 g/mol. The lowest BCUT2D eigenvalue weighted by Gasteiger charge is -2.35. The van der Waals surface area contributed by atoms with Gasteiger partial charge in [0.1, 0.15) is 17.7 Å². The molecule has 0 heterocycles. The molecule has 0 radical (unpaired) electrons. The molecule has 1 fully saturated rings. The zero-order chi connectivity index (χ0) is 29.6. The van der Waals surface area contributed by atoms with Crippen LogP contribution in [0.4, 0.5) is 4.79 Å². The first-order chi connectivity index (χ1) is 19.5. The number of aryl methyl sites for hydroxylation is 1. The lowest BCUT2D eigenvalue weighted by atomic mass is 9.99. The van der Waals surface area contributed by atoms with E-state index in [9.17, 15) is 14.4 Å². The van der Waals surface area contributed by atoms with Crippen molar-refractivity contribution in [3.05, 3.63) is 107 Å². The predicted octanol–water partition coefficient (Wildman–Crippen LogP) is 5.73. The first kappa shape index (κ1) is 29.8. The van der Waals surface area contributed by atoms with Gasteiger partial charge in [-0.3, -0.25) is 9.59 Å². The molecule has 7 heteroatoms. The SMILES string of the molecule is Cc1ccc(C(C(=O)NCc2ccccc2)N(C(=O)C(Cc2ccccc2)NC(=O)OC(C)(C)C)C2CC2C)cc1. The van der Waals surface area contributed by atoms with Crippen LogP contribution < -0.4 is 10.6 Å². The summed E-state index contributed by atoms with van der Waals surface area (Å²) in [6.07, 6.45) is 0.379. The van der Waals surface area contributed by atoms with Gasteiger partial charge in [0.15, 0.2) is 0 Å². The molecule has 4 atom stereocenters. The largest absolute Gasteiger partial charge is 0.444 e. The Morgan fingerprint density at radius 1 is 0.902 bits per heavy atom. The van der Waals surface area contributed by atoms with Gasteiger partial charge in [-0.1, -0.05) is 97.4 Å². The minimum atomic E-state index is -0.921. The van der Waals surface area contributed by atoms with E-state index in [-0.39, 0.29) is 30.2 Å². The highest BCUT2D eigenvalue weighted by Gasteiger charge is 2.48. The van der Waals surface area contributed by atoms with Crippen molar-refractivity contribution in [1.29, 1.82) is 0 Å². The van der Waals surface area contributed by atoms with Gasteiger partial charge in [0.2, 0.25) is 11.8 Å². The summed E-state index contributed by atoms with van der Waals surface area (Å²) in [4.78, 5) is 43.1. The van der Waals surface area contributed by atoms with Crippen LogP contribution in [0.3, 0.4) is 0 Å². The van der Waals surface area contributed by atoms with Crippen LogP contribution >= 0.6 is 0 Å². The lowest BCUT2D eigenvalue weighted by molar-refractivity contribution is -0.143. The summed E-state index contributed by atoms with van der Waals surface area (Å²) in [6.45, 7) is 9.75. The first-order valence-corrected chi connectivity index (χ1v) is 14.3. The second-order valence-corrected chi connectivity index (χ2v) is 11.9. The van der Waals surface area contributed by atoms with Crippen molar-refractivity contribution >= 4 is 17.9 Å². The van der Waals surface area contributed by atoms with Crippen LogP contribution in [0, 0.1) is 12.8 Å². The number of nitrogens with zero attached hydrogens (tertiary/aromatic N) is 1. The fourth-order valence-electron chi connectivity index (χ4n) is 4.92. The molecule has 0 bridgehead atoms. The highest BCUT2D eigenvalue weighted by atomic mass is 16.6. The van der Waals surface area contributed by atoms with Crippen molar-refractivity contribution < 1.29 is 19.1 Å². The van der Waals surface area contributed by atoms with Crippen LogP contribution in [0.25, 0.3) is 0 Å². The Morgan fingerprint density at radius 2 is 1.46 bits per heavy atom. The van der Waals surface area contributed by atoms with Gasteiger partial charge in [0.05, 0.1) is 0 Å². The van der Waals surface area contributed by atoms with Crippen LogP contribution in [0.2, 0.25) is 0 Å². The molecule has 41 heavy (non-hydrogen) atoms. The van der Waals surface area contributed by atoms with Gasteiger partial charge in [0, 0.05) is 19.0 Å². The van der Waals surface area contributed by atoms with Crippen molar-refractivity contribution in [2.45, 2.75) is 77.7 Å². The molecule has 4 unspecified atom stereocenters. The third kappa shape index (κ3) is 8.43. The number of alkyl carbamates (subject to hydrolysis) is 1. The zero-order valence-corrected chi connectivity index (χ0v) is 24.6. The Labute approximate surface area is 243 Å². The number of ether oxygens (including phenoxy) is 1. The summed E-state index contributed by atoms with van der Waals surface area (Å²) in [6, 6.07) is 25.0. The topological polar surface area (TPSA) is 87.7 Å². The highest BCUT2D eigenvalue weighted by Crippen LogP contribution is 2.41. The molecule has 0 aliphatic heterocycles. The number of rotatable bonds is 10. The molecular weight excluding hydrogens is 514 g/mol. The fourth-order valence-corrected chi connectivity index (χ4v) is 4.92. The number of amides is 3. The van der Waals surface area contributed by atoms with Crippen molar-refractivity contribution in [2.75, 3.05) is 0 Å². The van der Waals surface area contributed by atoms with E-state index in [2.05, 4.69) is 17.6 Å². The zero-order valence-electron chi connectivity index (χ0n) is 24.6. The molecule has 0 aromatic heterocycles. The molecule has 1 aliphatic carbocycles. The van der Waals surface area contributed by atoms with Crippen molar-refractivity contribution in [2.24, 2.45) is 5.92 Å². The van der Waals surface area contributed by atoms with E-state index < -0.39 is 23.8 Å². The summed E-state index contributed by atoms with van der Waals surface area (Å²) in [5.41, 5.74) is 2.92. The normalized spacial score (nSPS) is 17.6. The third-order valence-corrected chi connectivity index (χ3v) is 7.18. The highest BCUT2D eigenvalue weighted by molar-refractivity contribution is 5.92. The molecule has 7 nitrogen and oxygen atoms in total. The van der Waals surface area contributed by atoms with Gasteiger partial charge in [-0.15, -0.1) is 0 Å². The maximum Gasteiger partial charge on any atom is 0.408 e. The van der Waals surface area contributed by atoms with Gasteiger partial charge >= 0.3 is 6.09 Å². The summed E-state index contributed by atoms with van der Waals surface area (Å²) in [5.74, 6) is -0.344. The van der Waals surface area contributed by atoms with E-state index in [4.69, 9.17) is 4.74 Å². The van der Waals surface area contributed by atoms with Crippen molar-refractivity contribution in [3.8, 4) is 0 Å². The molecule has 1 aliphatic rings. The Kier molecular flexibility index (Phi) is 9.48. The van der Waals surface area contributed by atoms with Crippen molar-refractivity contribution in [3.63, 3.8) is 0 Å². The summed E-state index contributed by atoms with van der Waals surface area (Å²) < 4.78 is 5.53. The summed E-state index contributed by atoms with van der Waals surface area (Å²) >= 11 is 0. The number of carbonyl (C=O) groups excluding carboxylic acids is 3. The standard InChI is InChI=1S/C34H41N3O4/c1-23-16-18-27(19-17-23)30(31(38)35-22-26-14-10-7-11-15-26)37(29-20-24(29)2)32(39)28(21-25-12-8-6-9-13-25)36-33(40)41-34(3,4)5/h6-19,24,28-30H,20-22H2,1-5H3,(H,35,38)(H,36,40). The van der Waals surface area contributed by atoms with Crippen LogP contribution in [-0.2, 0) is 27.3 Å². The van der Waals surface area contributed by atoms with E-state index in [1.165, 1.54) is 0 Å². The molecule has 0 saturated heterocycles. The number of hydrogen-bond acceptors (Lipinski definition) is 4. The maximum absolute atomic E-state index is 14.5. The van der Waals surface area contributed by atoms with Crippen molar-refractivity contribution in [1.82, 2.24) is 15.5 Å². The maximum atomic E-state index is 14.5.